The van der Waals surface area contributed by atoms with Crippen LogP contribution in [0.5, 0.6) is 0 Å². The molecule has 0 aliphatic carbocycles. The Kier molecular flexibility index (Phi) is 6.11. The number of carboxylic acids is 1. The molecule has 7 heteroatoms. The molecular weight excluding hydrogens is 442 g/mol. The van der Waals surface area contributed by atoms with Gasteiger partial charge >= 0.3 is 5.97 Å². The third kappa shape index (κ3) is 4.05. The molecule has 0 radical (unpaired) electrons. The molecular formula is C26H20ClNO5. The van der Waals surface area contributed by atoms with Gasteiger partial charge in [-0.05, 0) is 47.4 Å². The predicted octanol–water partition coefficient (Wildman–Crippen LogP) is 4.60. The van der Waals surface area contributed by atoms with Gasteiger partial charge < -0.3 is 9.90 Å². The Bertz CT molecular complexity index is 1200. The Morgan fingerprint density at radius 3 is 1.88 bits per heavy atom. The number of nitrogens with zero attached hydrogens (tertiary/aromatic N) is 1. The molecule has 166 valence electrons. The molecule has 6 nitrogen and oxygen atoms in total. The Hall–Kier alpha value is -3.77. The van der Waals surface area contributed by atoms with Gasteiger partial charge in [-0.25, -0.2) is 0 Å². The van der Waals surface area contributed by atoms with Gasteiger partial charge in [-0.3, -0.25) is 19.3 Å². The van der Waals surface area contributed by atoms with E-state index in [2.05, 4.69) is 0 Å². The maximum atomic E-state index is 12.7. The summed E-state index contributed by atoms with van der Waals surface area (Å²) in [5.74, 6) is -2.11. The van der Waals surface area contributed by atoms with Gasteiger partial charge in [-0.15, -0.1) is 0 Å². The fourth-order valence-corrected chi connectivity index (χ4v) is 4.32. The molecule has 2 amide bonds. The Balaban J connectivity index is 1.62. The second-order valence-corrected chi connectivity index (χ2v) is 8.34. The molecule has 4 rings (SSSR count). The minimum absolute atomic E-state index is 0.0904. The fraction of sp³-hybridized carbons (Fsp3) is 0.154. The van der Waals surface area contributed by atoms with E-state index < -0.39 is 23.2 Å². The van der Waals surface area contributed by atoms with Crippen LogP contribution in [0.25, 0.3) is 11.1 Å². The smallest absolute Gasteiger partial charge is 0.314 e. The minimum atomic E-state index is -1.57. The van der Waals surface area contributed by atoms with Gasteiger partial charge in [0.05, 0.1) is 11.1 Å². The van der Waals surface area contributed by atoms with Crippen LogP contribution in [-0.4, -0.2) is 40.6 Å². The summed E-state index contributed by atoms with van der Waals surface area (Å²) in [5, 5.41) is 10.8. The second-order valence-electron chi connectivity index (χ2n) is 7.90. The third-order valence-electron chi connectivity index (χ3n) is 6.10. The van der Waals surface area contributed by atoms with E-state index in [1.165, 1.54) is 0 Å². The van der Waals surface area contributed by atoms with Crippen molar-refractivity contribution in [2.45, 2.75) is 18.3 Å². The average Bonchev–Trinajstić information content (AvgIpc) is 3.07. The van der Waals surface area contributed by atoms with Crippen molar-refractivity contribution in [3.05, 3.63) is 94.5 Å². The first-order valence-corrected chi connectivity index (χ1v) is 10.7. The number of halogens is 1. The van der Waals surface area contributed by atoms with Crippen LogP contribution in [-0.2, 0) is 15.0 Å². The van der Waals surface area contributed by atoms with E-state index in [1.807, 2.05) is 12.1 Å². The number of aliphatic carboxylic acids is 1. The third-order valence-corrected chi connectivity index (χ3v) is 6.35. The zero-order chi connectivity index (χ0) is 23.6. The molecule has 0 aromatic heterocycles. The summed E-state index contributed by atoms with van der Waals surface area (Å²) in [5.41, 5.74) is 1.22. The Morgan fingerprint density at radius 2 is 1.39 bits per heavy atom. The van der Waals surface area contributed by atoms with Crippen molar-refractivity contribution in [3.8, 4) is 11.1 Å². The summed E-state index contributed by atoms with van der Waals surface area (Å²) < 4.78 is 0. The van der Waals surface area contributed by atoms with Gasteiger partial charge in [0.25, 0.3) is 11.8 Å². The molecule has 1 aliphatic heterocycles. The largest absolute Gasteiger partial charge is 0.481 e. The highest BCUT2D eigenvalue weighted by atomic mass is 35.5. The average molecular weight is 462 g/mol. The molecule has 1 aliphatic rings. The van der Waals surface area contributed by atoms with Crippen molar-refractivity contribution in [1.82, 2.24) is 4.90 Å². The first-order valence-electron chi connectivity index (χ1n) is 10.4. The van der Waals surface area contributed by atoms with E-state index in [1.54, 1.807) is 60.7 Å². The van der Waals surface area contributed by atoms with Crippen molar-refractivity contribution < 1.29 is 24.3 Å². The molecule has 0 fully saturated rings. The number of benzene rings is 3. The molecule has 0 spiro atoms. The minimum Gasteiger partial charge on any atom is -0.481 e. The fourth-order valence-electron chi connectivity index (χ4n) is 4.19. The van der Waals surface area contributed by atoms with Gasteiger partial charge in [0, 0.05) is 18.0 Å². The van der Waals surface area contributed by atoms with Gasteiger partial charge in [0.15, 0.2) is 0 Å². The highest BCUT2D eigenvalue weighted by Gasteiger charge is 2.43. The number of amides is 2. The van der Waals surface area contributed by atoms with Crippen LogP contribution in [0.4, 0.5) is 0 Å². The molecule has 1 unspecified atom stereocenters. The summed E-state index contributed by atoms with van der Waals surface area (Å²) in [7, 11) is 0. The van der Waals surface area contributed by atoms with E-state index in [0.29, 0.717) is 28.0 Å². The number of hydrogen-bond donors (Lipinski definition) is 1. The SMILES string of the molecule is O=CCC(CCN1C(=O)c2ccccc2C1=O)(C(=O)O)c1ccc(-c2ccc(Cl)cc2)cc1. The topological polar surface area (TPSA) is 91.8 Å². The molecule has 3 aromatic carbocycles. The summed E-state index contributed by atoms with van der Waals surface area (Å²) >= 11 is 5.94. The van der Waals surface area contributed by atoms with Crippen molar-refractivity contribution >= 4 is 35.7 Å². The zero-order valence-electron chi connectivity index (χ0n) is 17.5. The highest BCUT2D eigenvalue weighted by molar-refractivity contribution is 6.30. The lowest BCUT2D eigenvalue weighted by Crippen LogP contribution is -2.41. The van der Waals surface area contributed by atoms with Crippen LogP contribution in [0.3, 0.4) is 0 Å². The van der Waals surface area contributed by atoms with Crippen molar-refractivity contribution in [2.75, 3.05) is 6.54 Å². The second kappa shape index (κ2) is 9.00. The molecule has 0 bridgehead atoms. The van der Waals surface area contributed by atoms with Gasteiger partial charge in [-0.2, -0.15) is 0 Å². The first kappa shape index (κ1) is 22.4. The summed E-state index contributed by atoms with van der Waals surface area (Å²) in [6, 6.07) is 20.6. The molecule has 1 heterocycles. The Labute approximate surface area is 195 Å². The number of aldehydes is 1. The van der Waals surface area contributed by atoms with E-state index in [9.17, 15) is 24.3 Å². The van der Waals surface area contributed by atoms with Gasteiger partial charge in [0.2, 0.25) is 0 Å². The van der Waals surface area contributed by atoms with E-state index in [4.69, 9.17) is 11.6 Å². The molecule has 0 saturated heterocycles. The summed E-state index contributed by atoms with van der Waals surface area (Å²) in [4.78, 5) is 50.4. The van der Waals surface area contributed by atoms with Crippen molar-refractivity contribution in [1.29, 1.82) is 0 Å². The number of imide groups is 1. The number of rotatable bonds is 8. The maximum absolute atomic E-state index is 12.7. The van der Waals surface area contributed by atoms with Crippen LogP contribution in [0.2, 0.25) is 5.02 Å². The van der Waals surface area contributed by atoms with Gasteiger partial charge in [0.1, 0.15) is 11.7 Å². The molecule has 1 N–H and O–H groups in total. The number of carbonyl (C=O) groups excluding carboxylic acids is 3. The normalized spacial score (nSPS) is 14.6. The van der Waals surface area contributed by atoms with Gasteiger partial charge in [-0.1, -0.05) is 60.1 Å². The molecule has 1 atom stereocenters. The lowest BCUT2D eigenvalue weighted by Gasteiger charge is -2.30. The molecule has 3 aromatic rings. The van der Waals surface area contributed by atoms with Crippen LogP contribution in [0.1, 0.15) is 39.1 Å². The Morgan fingerprint density at radius 1 is 0.879 bits per heavy atom. The molecule has 0 saturated carbocycles. The highest BCUT2D eigenvalue weighted by Crippen LogP contribution is 2.35. The lowest BCUT2D eigenvalue weighted by molar-refractivity contribution is -0.145. The van der Waals surface area contributed by atoms with Crippen molar-refractivity contribution in [2.24, 2.45) is 0 Å². The first-order chi connectivity index (χ1) is 15.9. The van der Waals surface area contributed by atoms with Crippen molar-refractivity contribution in [3.63, 3.8) is 0 Å². The lowest BCUT2D eigenvalue weighted by atomic mass is 9.74. The van der Waals surface area contributed by atoms with E-state index in [-0.39, 0.29) is 19.4 Å². The number of hydrogen-bond acceptors (Lipinski definition) is 4. The zero-order valence-corrected chi connectivity index (χ0v) is 18.3. The van der Waals surface area contributed by atoms with Crippen LogP contribution in [0.15, 0.2) is 72.8 Å². The predicted molar refractivity (Wildman–Crippen MR) is 123 cm³/mol. The monoisotopic (exact) mass is 461 g/mol. The number of fused-ring (bicyclic) bond motifs is 1. The van der Waals surface area contributed by atoms with Crippen LogP contribution >= 0.6 is 11.6 Å². The quantitative estimate of drug-likeness (QED) is 0.391. The number of carbonyl (C=O) groups is 4. The standard InChI is InChI=1S/C26H20ClNO5/c27-20-11-7-18(8-12-20)17-5-9-19(10-6-17)26(14-16-29,25(32)33)13-15-28-23(30)21-3-1-2-4-22(21)24(28)31/h1-12,16H,13-15H2,(H,32,33). The maximum Gasteiger partial charge on any atom is 0.314 e. The van der Waals surface area contributed by atoms with E-state index in [0.717, 1.165) is 16.0 Å². The van der Waals surface area contributed by atoms with Crippen LogP contribution in [0, 0.1) is 0 Å². The number of carboxylic acid groups (broad SMARTS) is 1. The summed E-state index contributed by atoms with van der Waals surface area (Å²) in [6.07, 6.45) is 0.183. The molecule has 33 heavy (non-hydrogen) atoms. The summed E-state index contributed by atoms with van der Waals surface area (Å²) in [6.45, 7) is -0.120. The van der Waals surface area contributed by atoms with E-state index >= 15 is 0 Å². The van der Waals surface area contributed by atoms with Crippen LogP contribution < -0.4 is 0 Å².